The number of amides is 1. The molecule has 1 amide bonds. The highest BCUT2D eigenvalue weighted by molar-refractivity contribution is 6.11. The van der Waals surface area contributed by atoms with Crippen LogP contribution >= 0.6 is 0 Å². The van der Waals surface area contributed by atoms with Crippen LogP contribution in [0, 0.1) is 5.92 Å². The van der Waals surface area contributed by atoms with Gasteiger partial charge in [0.05, 0.1) is 17.4 Å². The van der Waals surface area contributed by atoms with Gasteiger partial charge in [-0.2, -0.15) is 0 Å². The van der Waals surface area contributed by atoms with Gasteiger partial charge in [-0.15, -0.1) is 0 Å². The Labute approximate surface area is 177 Å². The molecule has 0 radical (unpaired) electrons. The van der Waals surface area contributed by atoms with Crippen molar-refractivity contribution in [1.82, 2.24) is 14.9 Å². The molecule has 1 aliphatic heterocycles. The van der Waals surface area contributed by atoms with Gasteiger partial charge in [0, 0.05) is 42.9 Å². The minimum absolute atomic E-state index is 0.0871. The topological polar surface area (TPSA) is 94.5 Å². The van der Waals surface area contributed by atoms with Crippen molar-refractivity contribution in [2.75, 3.05) is 6.54 Å². The van der Waals surface area contributed by atoms with E-state index in [9.17, 15) is 4.79 Å². The Kier molecular flexibility index (Phi) is 5.30. The summed E-state index contributed by atoms with van der Waals surface area (Å²) in [5.41, 5.74) is 9.38. The zero-order valence-corrected chi connectivity index (χ0v) is 18.2. The molecule has 3 N–H and O–H groups in total. The number of imidazole rings is 1. The average molecular weight is 410 g/mol. The van der Waals surface area contributed by atoms with E-state index in [0.29, 0.717) is 19.0 Å². The number of ether oxygens (including phenoxy) is 1. The summed E-state index contributed by atoms with van der Waals surface area (Å²) in [7, 11) is 0. The summed E-state index contributed by atoms with van der Waals surface area (Å²) in [6.07, 6.45) is 8.01. The molecule has 30 heavy (non-hydrogen) atoms. The fraction of sp³-hybridized carbons (Fsp3) is 0.522. The summed E-state index contributed by atoms with van der Waals surface area (Å²) in [6, 6.07) is 4.55. The van der Waals surface area contributed by atoms with Crippen molar-refractivity contribution in [1.29, 1.82) is 0 Å². The molecule has 2 atom stereocenters. The summed E-state index contributed by atoms with van der Waals surface area (Å²) in [5, 5.41) is 2.90. The molecule has 0 bridgehead atoms. The molecule has 7 nitrogen and oxygen atoms in total. The summed E-state index contributed by atoms with van der Waals surface area (Å²) < 4.78 is 8.67. The van der Waals surface area contributed by atoms with E-state index in [-0.39, 0.29) is 23.5 Å². The molecule has 1 aromatic carbocycles. The summed E-state index contributed by atoms with van der Waals surface area (Å²) in [5.74, 6) is 1.02. The maximum atomic E-state index is 11.7. The maximum Gasteiger partial charge on any atom is 0.220 e. The van der Waals surface area contributed by atoms with E-state index in [1.807, 2.05) is 52.4 Å². The van der Waals surface area contributed by atoms with E-state index in [2.05, 4.69) is 19.9 Å². The predicted octanol–water partition coefficient (Wildman–Crippen LogP) is 3.44. The number of hydrogen-bond acceptors (Lipinski definition) is 5. The van der Waals surface area contributed by atoms with Crippen LogP contribution in [0.15, 0.2) is 29.7 Å². The number of nitrogens with two attached hydrogens (primary N) is 1. The zero-order chi connectivity index (χ0) is 21.5. The number of benzene rings is 1. The van der Waals surface area contributed by atoms with Gasteiger partial charge in [0.25, 0.3) is 0 Å². The molecule has 0 spiro atoms. The van der Waals surface area contributed by atoms with Crippen LogP contribution in [0.1, 0.15) is 58.6 Å². The highest BCUT2D eigenvalue weighted by Crippen LogP contribution is 2.41. The molecule has 2 fully saturated rings. The molecule has 1 saturated heterocycles. The molecular formula is C23H31N5O2. The van der Waals surface area contributed by atoms with Crippen LogP contribution in [0.4, 0.5) is 0 Å². The van der Waals surface area contributed by atoms with Crippen LogP contribution in [0.5, 0.6) is 5.75 Å². The van der Waals surface area contributed by atoms with Gasteiger partial charge >= 0.3 is 0 Å². The Morgan fingerprint density at radius 2 is 2.17 bits per heavy atom. The fourth-order valence-corrected chi connectivity index (χ4v) is 3.75. The lowest BCUT2D eigenvalue weighted by Crippen LogP contribution is -2.26. The normalized spacial score (nSPS) is 21.4. The van der Waals surface area contributed by atoms with Gasteiger partial charge in [-0.1, -0.05) is 0 Å². The number of carbonyl (C=O) groups excluding carboxylic acids is 1. The van der Waals surface area contributed by atoms with Crippen molar-refractivity contribution in [3.63, 3.8) is 0 Å². The van der Waals surface area contributed by atoms with Gasteiger partial charge in [-0.3, -0.25) is 9.79 Å². The number of carbonyl (C=O) groups is 1. The second kappa shape index (κ2) is 7.78. The van der Waals surface area contributed by atoms with Crippen LogP contribution in [0.25, 0.3) is 16.6 Å². The van der Waals surface area contributed by atoms with Crippen LogP contribution in [0.2, 0.25) is 0 Å². The number of rotatable bonds is 6. The quantitative estimate of drug-likeness (QED) is 0.715. The molecule has 2 heterocycles. The van der Waals surface area contributed by atoms with E-state index in [1.165, 1.54) is 0 Å². The van der Waals surface area contributed by atoms with Gasteiger partial charge in [0.2, 0.25) is 5.91 Å². The molecule has 1 saturated carbocycles. The van der Waals surface area contributed by atoms with Crippen molar-refractivity contribution < 1.29 is 9.53 Å². The second-order valence-corrected chi connectivity index (χ2v) is 9.37. The predicted molar refractivity (Wildman–Crippen MR) is 120 cm³/mol. The van der Waals surface area contributed by atoms with Gasteiger partial charge in [-0.25, -0.2) is 4.98 Å². The number of hydrogen-bond donors (Lipinski definition) is 2. The van der Waals surface area contributed by atoms with E-state index >= 15 is 0 Å². The van der Waals surface area contributed by atoms with Crippen LogP contribution in [-0.2, 0) is 4.79 Å². The Morgan fingerprint density at radius 1 is 1.40 bits per heavy atom. The summed E-state index contributed by atoms with van der Waals surface area (Å²) in [4.78, 5) is 20.9. The van der Waals surface area contributed by atoms with Crippen molar-refractivity contribution >= 4 is 28.7 Å². The average Bonchev–Trinajstić information content (AvgIpc) is 3.28. The third-order valence-electron chi connectivity index (χ3n) is 5.66. The first-order valence-electron chi connectivity index (χ1n) is 10.7. The van der Waals surface area contributed by atoms with Crippen LogP contribution < -0.4 is 15.8 Å². The first kappa shape index (κ1) is 20.4. The zero-order valence-electron chi connectivity index (χ0n) is 18.2. The third kappa shape index (κ3) is 4.35. The Bertz CT molecular complexity index is 1010. The largest absolute Gasteiger partial charge is 0.488 e. The second-order valence-electron chi connectivity index (χ2n) is 9.37. The highest BCUT2D eigenvalue weighted by atomic mass is 16.5. The van der Waals surface area contributed by atoms with Crippen molar-refractivity contribution in [2.45, 2.75) is 64.6 Å². The molecule has 2 aromatic rings. The van der Waals surface area contributed by atoms with Crippen LogP contribution in [0.3, 0.4) is 0 Å². The van der Waals surface area contributed by atoms with Gasteiger partial charge in [-0.05, 0) is 58.2 Å². The molecule has 4 rings (SSSR count). The van der Waals surface area contributed by atoms with E-state index in [1.54, 1.807) is 6.20 Å². The first-order chi connectivity index (χ1) is 14.2. The lowest BCUT2D eigenvalue weighted by molar-refractivity contribution is -0.119. The van der Waals surface area contributed by atoms with Crippen LogP contribution in [-0.4, -0.2) is 39.9 Å². The van der Waals surface area contributed by atoms with Gasteiger partial charge in [0.15, 0.2) is 0 Å². The fourth-order valence-electron chi connectivity index (χ4n) is 3.75. The number of fused-ring (bicyclic) bond motifs is 1. The minimum atomic E-state index is -0.193. The Morgan fingerprint density at radius 3 is 2.77 bits per heavy atom. The van der Waals surface area contributed by atoms with Gasteiger partial charge < -0.3 is 20.4 Å². The highest BCUT2D eigenvalue weighted by Gasteiger charge is 2.30. The van der Waals surface area contributed by atoms with E-state index in [0.717, 1.165) is 40.8 Å². The number of nitrogens with one attached hydrogen (secondary N) is 1. The minimum Gasteiger partial charge on any atom is -0.488 e. The van der Waals surface area contributed by atoms with E-state index < -0.39 is 0 Å². The number of nitrogens with zero attached hydrogens (tertiary/aromatic N) is 3. The smallest absolute Gasteiger partial charge is 0.220 e. The molecular weight excluding hydrogens is 378 g/mol. The monoisotopic (exact) mass is 409 g/mol. The lowest BCUT2D eigenvalue weighted by atomic mass is 10.0. The molecule has 0 unspecified atom stereocenters. The van der Waals surface area contributed by atoms with E-state index in [4.69, 9.17) is 10.5 Å². The summed E-state index contributed by atoms with van der Waals surface area (Å²) in [6.45, 7) is 8.82. The van der Waals surface area contributed by atoms with Crippen molar-refractivity contribution in [3.05, 3.63) is 30.2 Å². The Hall–Kier alpha value is -2.83. The number of aliphatic imine (C=N–C) groups is 1. The molecule has 160 valence electrons. The first-order valence-corrected chi connectivity index (χ1v) is 10.7. The van der Waals surface area contributed by atoms with Crippen molar-refractivity contribution in [2.24, 2.45) is 16.6 Å². The molecule has 1 aromatic heterocycles. The third-order valence-corrected chi connectivity index (χ3v) is 5.66. The molecule has 2 aliphatic rings. The Balaban J connectivity index is 1.73. The molecule has 7 heteroatoms. The molecule has 1 aliphatic carbocycles. The van der Waals surface area contributed by atoms with Gasteiger partial charge in [0.1, 0.15) is 17.4 Å². The number of aromatic nitrogens is 2. The standard InChI is InChI=1S/C23H31N5O2/c1-14(16-9-21(29)25-11-16)30-20-8-15(17(10-24)12-27-23(2,3)4)7-19-22(20)28(13-26-19)18-5-6-18/h7-8,10,12-14,16,18H,5-6,9,11,24H2,1-4H3,(H,25,29)/t14-,16-/m1/s1. The van der Waals surface area contributed by atoms with Crippen molar-refractivity contribution in [3.8, 4) is 5.75 Å². The maximum absolute atomic E-state index is 11.7. The lowest BCUT2D eigenvalue weighted by Gasteiger charge is -2.21. The summed E-state index contributed by atoms with van der Waals surface area (Å²) >= 11 is 0. The number of allylic oxidation sites excluding steroid dienone is 1. The SMILES string of the molecule is C[C@@H](Oc1cc(C(C=NC(C)(C)C)=CN)cc2ncn(C3CC3)c12)[C@H]1CNC(=O)C1.